The Morgan fingerprint density at radius 3 is 2.50 bits per heavy atom. The van der Waals surface area contributed by atoms with Crippen molar-refractivity contribution in [3.63, 3.8) is 0 Å². The van der Waals surface area contributed by atoms with Gasteiger partial charge in [-0.1, -0.05) is 28.1 Å². The minimum absolute atomic E-state index is 0.104. The van der Waals surface area contributed by atoms with Crippen LogP contribution in [-0.2, 0) is 6.42 Å². The van der Waals surface area contributed by atoms with Crippen molar-refractivity contribution in [3.05, 3.63) is 44.9 Å². The van der Waals surface area contributed by atoms with E-state index in [4.69, 9.17) is 5.11 Å². The Bertz CT molecular complexity index is 638. The van der Waals surface area contributed by atoms with Gasteiger partial charge in [0.25, 0.3) is 5.56 Å². The summed E-state index contributed by atoms with van der Waals surface area (Å²) in [5.41, 5.74) is 0.420. The van der Waals surface area contributed by atoms with Gasteiger partial charge in [-0.25, -0.2) is 0 Å². The van der Waals surface area contributed by atoms with E-state index in [-0.39, 0.29) is 23.6 Å². The van der Waals surface area contributed by atoms with Gasteiger partial charge >= 0.3 is 0 Å². The highest BCUT2D eigenvalue weighted by atomic mass is 79.9. The average molecular weight is 339 g/mol. The van der Waals surface area contributed by atoms with Gasteiger partial charge in [-0.2, -0.15) is 4.98 Å². The molecule has 0 saturated heterocycles. The molecule has 1 aromatic carbocycles. The molecule has 2 aromatic rings. The van der Waals surface area contributed by atoms with Crippen LogP contribution in [0.3, 0.4) is 0 Å². The summed E-state index contributed by atoms with van der Waals surface area (Å²) in [5, 5.41) is 18.7. The van der Waals surface area contributed by atoms with Crippen molar-refractivity contribution in [2.45, 2.75) is 19.3 Å². The summed E-state index contributed by atoms with van der Waals surface area (Å²) < 4.78 is 0.894. The fourth-order valence-corrected chi connectivity index (χ4v) is 2.17. The maximum atomic E-state index is 12.1. The molecule has 0 aliphatic heterocycles. The molecule has 0 aliphatic carbocycles. The largest absolute Gasteiger partial charge is 0.493 e. The van der Waals surface area contributed by atoms with E-state index >= 15 is 0 Å². The van der Waals surface area contributed by atoms with E-state index in [9.17, 15) is 9.90 Å². The van der Waals surface area contributed by atoms with E-state index in [1.165, 1.54) is 0 Å². The first-order valence-corrected chi connectivity index (χ1v) is 7.10. The molecule has 0 saturated carbocycles. The first kappa shape index (κ1) is 14.7. The molecule has 0 atom stereocenters. The lowest BCUT2D eigenvalue weighted by atomic mass is 10.1. The zero-order valence-electron chi connectivity index (χ0n) is 10.8. The maximum Gasteiger partial charge on any atom is 0.262 e. The third kappa shape index (κ3) is 3.46. The molecular formula is C14H15BrN2O3. The fourth-order valence-electron chi connectivity index (χ4n) is 1.91. The lowest BCUT2D eigenvalue weighted by Crippen LogP contribution is -2.14. The highest BCUT2D eigenvalue weighted by molar-refractivity contribution is 9.10. The summed E-state index contributed by atoms with van der Waals surface area (Å²) in [6.07, 6.45) is 1.86. The van der Waals surface area contributed by atoms with E-state index in [1.807, 2.05) is 0 Å². The minimum Gasteiger partial charge on any atom is -0.493 e. The number of H-pyrrole nitrogens is 1. The predicted molar refractivity (Wildman–Crippen MR) is 79.7 cm³/mol. The van der Waals surface area contributed by atoms with Crippen molar-refractivity contribution >= 4 is 15.9 Å². The molecule has 2 rings (SSSR count). The number of nitrogens with one attached hydrogen (secondary N) is 1. The van der Waals surface area contributed by atoms with Crippen LogP contribution >= 0.6 is 15.9 Å². The molecule has 0 aliphatic rings. The number of aliphatic hydroxyl groups excluding tert-OH is 1. The van der Waals surface area contributed by atoms with Crippen LogP contribution in [0.5, 0.6) is 5.88 Å². The standard InChI is InChI=1S/C14H15BrN2O3/c15-10-6-4-9(5-7-10)12-13(19)16-11(17-14(12)20)3-1-2-8-18/h4-7,18H,1-3,8H2,(H2,16,17,19,20). The van der Waals surface area contributed by atoms with Crippen molar-refractivity contribution in [2.24, 2.45) is 0 Å². The Morgan fingerprint density at radius 1 is 1.20 bits per heavy atom. The number of aromatic hydroxyl groups is 1. The lowest BCUT2D eigenvalue weighted by Gasteiger charge is -2.06. The molecule has 0 bridgehead atoms. The van der Waals surface area contributed by atoms with Crippen molar-refractivity contribution in [2.75, 3.05) is 6.61 Å². The van der Waals surface area contributed by atoms with Gasteiger partial charge in [0.05, 0.1) is 0 Å². The third-order valence-corrected chi connectivity index (χ3v) is 3.43. The number of benzene rings is 1. The van der Waals surface area contributed by atoms with Crippen molar-refractivity contribution < 1.29 is 10.2 Å². The number of nitrogens with zero attached hydrogens (tertiary/aromatic N) is 1. The zero-order chi connectivity index (χ0) is 14.5. The number of aryl methyl sites for hydroxylation is 1. The zero-order valence-corrected chi connectivity index (χ0v) is 12.4. The van der Waals surface area contributed by atoms with E-state index in [2.05, 4.69) is 25.9 Å². The molecular weight excluding hydrogens is 324 g/mol. The smallest absolute Gasteiger partial charge is 0.262 e. The Kier molecular flexibility index (Phi) is 4.92. The topological polar surface area (TPSA) is 86.2 Å². The molecule has 0 fully saturated rings. The molecule has 6 heteroatoms. The van der Waals surface area contributed by atoms with Crippen LogP contribution in [-0.4, -0.2) is 26.8 Å². The molecule has 1 heterocycles. The SMILES string of the molecule is O=c1[nH]c(CCCCO)nc(O)c1-c1ccc(Br)cc1. The maximum absolute atomic E-state index is 12.1. The number of halogens is 1. The molecule has 1 aromatic heterocycles. The van der Waals surface area contributed by atoms with Crippen LogP contribution in [0, 0.1) is 0 Å². The highest BCUT2D eigenvalue weighted by Gasteiger charge is 2.12. The number of unbranched alkanes of at least 4 members (excludes halogenated alkanes) is 1. The molecule has 0 spiro atoms. The average Bonchev–Trinajstić information content (AvgIpc) is 2.40. The first-order chi connectivity index (χ1) is 9.61. The van der Waals surface area contributed by atoms with Crippen LogP contribution in [0.2, 0.25) is 0 Å². The molecule has 5 nitrogen and oxygen atoms in total. The van der Waals surface area contributed by atoms with Gasteiger partial charge in [0, 0.05) is 17.5 Å². The summed E-state index contributed by atoms with van der Waals surface area (Å²) in [4.78, 5) is 18.7. The molecule has 0 unspecified atom stereocenters. The Morgan fingerprint density at radius 2 is 1.90 bits per heavy atom. The number of aromatic nitrogens is 2. The van der Waals surface area contributed by atoms with Gasteiger partial charge < -0.3 is 15.2 Å². The van der Waals surface area contributed by atoms with Crippen LogP contribution in [0.1, 0.15) is 18.7 Å². The fraction of sp³-hybridized carbons (Fsp3) is 0.286. The normalized spacial score (nSPS) is 10.7. The Hall–Kier alpha value is -1.66. The van der Waals surface area contributed by atoms with Gasteiger partial charge in [-0.15, -0.1) is 0 Å². The van der Waals surface area contributed by atoms with E-state index in [0.717, 1.165) is 4.47 Å². The quantitative estimate of drug-likeness (QED) is 0.729. The number of aliphatic hydroxyl groups is 1. The van der Waals surface area contributed by atoms with Crippen LogP contribution in [0.25, 0.3) is 11.1 Å². The Balaban J connectivity index is 2.31. The highest BCUT2D eigenvalue weighted by Crippen LogP contribution is 2.24. The summed E-state index contributed by atoms with van der Waals surface area (Å²) in [6.45, 7) is 0.104. The van der Waals surface area contributed by atoms with Crippen molar-refractivity contribution in [3.8, 4) is 17.0 Å². The predicted octanol–water partition coefficient (Wildman–Crippen LogP) is 2.22. The van der Waals surface area contributed by atoms with Gasteiger partial charge in [0.2, 0.25) is 5.88 Å². The summed E-state index contributed by atoms with van der Waals surface area (Å²) >= 11 is 3.32. The van der Waals surface area contributed by atoms with Crippen LogP contribution in [0.15, 0.2) is 33.5 Å². The second kappa shape index (κ2) is 6.67. The second-order valence-corrected chi connectivity index (χ2v) is 5.31. The van der Waals surface area contributed by atoms with E-state index < -0.39 is 0 Å². The van der Waals surface area contributed by atoms with Crippen LogP contribution in [0.4, 0.5) is 0 Å². The van der Waals surface area contributed by atoms with Gasteiger partial charge in [0.1, 0.15) is 11.4 Å². The van der Waals surface area contributed by atoms with Crippen LogP contribution < -0.4 is 5.56 Å². The van der Waals surface area contributed by atoms with Crippen molar-refractivity contribution in [1.29, 1.82) is 0 Å². The molecule has 0 amide bonds. The third-order valence-electron chi connectivity index (χ3n) is 2.90. The number of rotatable bonds is 5. The molecule has 3 N–H and O–H groups in total. The van der Waals surface area contributed by atoms with Crippen molar-refractivity contribution in [1.82, 2.24) is 9.97 Å². The minimum atomic E-state index is -0.362. The lowest BCUT2D eigenvalue weighted by molar-refractivity contribution is 0.284. The van der Waals surface area contributed by atoms with E-state index in [1.54, 1.807) is 24.3 Å². The second-order valence-electron chi connectivity index (χ2n) is 4.40. The molecule has 0 radical (unpaired) electrons. The summed E-state index contributed by atoms with van der Waals surface area (Å²) in [7, 11) is 0. The summed E-state index contributed by atoms with van der Waals surface area (Å²) in [5.74, 6) is 0.164. The molecule has 106 valence electrons. The van der Waals surface area contributed by atoms with Gasteiger partial charge in [-0.05, 0) is 30.5 Å². The van der Waals surface area contributed by atoms with Gasteiger partial charge in [-0.3, -0.25) is 4.79 Å². The molecule has 20 heavy (non-hydrogen) atoms. The number of hydrogen-bond donors (Lipinski definition) is 3. The first-order valence-electron chi connectivity index (χ1n) is 6.31. The van der Waals surface area contributed by atoms with Gasteiger partial charge in [0.15, 0.2) is 0 Å². The number of hydrogen-bond acceptors (Lipinski definition) is 4. The van der Waals surface area contributed by atoms with E-state index in [0.29, 0.717) is 30.7 Å². The monoisotopic (exact) mass is 338 g/mol. The Labute approximate surface area is 124 Å². The number of aromatic amines is 1. The summed E-state index contributed by atoms with van der Waals surface area (Å²) in [6, 6.07) is 7.07.